The van der Waals surface area contributed by atoms with Gasteiger partial charge in [-0.25, -0.2) is 9.78 Å². The van der Waals surface area contributed by atoms with Crippen molar-refractivity contribution in [3.8, 4) is 16.9 Å². The van der Waals surface area contributed by atoms with Crippen molar-refractivity contribution in [2.45, 2.75) is 71.1 Å². The summed E-state index contributed by atoms with van der Waals surface area (Å²) in [7, 11) is 1.30. The fourth-order valence-electron chi connectivity index (χ4n) is 7.38. The van der Waals surface area contributed by atoms with Gasteiger partial charge in [-0.05, 0) is 85.5 Å². The average molecular weight is 964 g/mol. The van der Waals surface area contributed by atoms with Crippen LogP contribution in [0.5, 0.6) is 5.75 Å². The standard InChI is InChI=1S/C54H69N5O11/c1-39-23-25-56-49(36-39)59(53(63)70-54(2,3)4)26-11-16-50(60)57-47(37-40-12-7-6-8-13-40)52(62)58-46(38-51(61)64-5)42-19-17-41(18-20-42)43-21-22-48(45-15-10-9-14-44(43)45)69-35-34-68-33-32-67-31-30-66-29-28-65-27-24-55/h6-10,12-15,17-23,25,36,46-47H,11,16,24,26-35,37-38,55H2,1-5H3,(H,57,60)(H,58,62)/t46-,47-/m0/s1. The summed E-state index contributed by atoms with van der Waals surface area (Å²) in [4.78, 5) is 59.7. The zero-order valence-electron chi connectivity index (χ0n) is 41.1. The third-order valence-corrected chi connectivity index (χ3v) is 10.8. The lowest BCUT2D eigenvalue weighted by Gasteiger charge is -2.27. The summed E-state index contributed by atoms with van der Waals surface area (Å²) in [5.74, 6) is -0.240. The fraction of sp³-hybridized carbons (Fsp3) is 0.426. The van der Waals surface area contributed by atoms with Gasteiger partial charge in [0.2, 0.25) is 11.8 Å². The zero-order chi connectivity index (χ0) is 50.1. The molecule has 0 aliphatic heterocycles. The molecular formula is C54H69N5O11. The Labute approximate surface area is 411 Å². The van der Waals surface area contributed by atoms with E-state index in [0.717, 1.165) is 38.8 Å². The van der Waals surface area contributed by atoms with Crippen molar-refractivity contribution >= 4 is 40.5 Å². The summed E-state index contributed by atoms with van der Waals surface area (Å²) >= 11 is 0. The predicted octanol–water partition coefficient (Wildman–Crippen LogP) is 7.28. The number of hydrogen-bond acceptors (Lipinski definition) is 13. The largest absolute Gasteiger partial charge is 0.491 e. The van der Waals surface area contributed by atoms with Crippen LogP contribution in [-0.2, 0) is 49.2 Å². The molecule has 0 unspecified atom stereocenters. The van der Waals surface area contributed by atoms with Crippen LogP contribution in [0.2, 0.25) is 0 Å². The molecule has 376 valence electrons. The first-order valence-corrected chi connectivity index (χ1v) is 23.7. The Kier molecular flexibility index (Phi) is 22.5. The maximum atomic E-state index is 14.3. The minimum atomic E-state index is -0.990. The number of nitrogens with one attached hydrogen (secondary N) is 2. The van der Waals surface area contributed by atoms with Crippen LogP contribution in [-0.4, -0.2) is 120 Å². The summed E-state index contributed by atoms with van der Waals surface area (Å²) in [6, 6.07) is 30.8. The molecule has 3 amide bonds. The van der Waals surface area contributed by atoms with Gasteiger partial charge in [-0.15, -0.1) is 0 Å². The van der Waals surface area contributed by atoms with E-state index in [0.29, 0.717) is 77.4 Å². The second-order valence-electron chi connectivity index (χ2n) is 17.4. The Morgan fingerprint density at radius 1 is 0.729 bits per heavy atom. The van der Waals surface area contributed by atoms with Crippen molar-refractivity contribution in [3.63, 3.8) is 0 Å². The Balaban J connectivity index is 1.21. The number of amides is 3. The van der Waals surface area contributed by atoms with Gasteiger partial charge in [0.25, 0.3) is 0 Å². The molecule has 0 spiro atoms. The number of nitrogens with zero attached hydrogens (tertiary/aromatic N) is 2. The van der Waals surface area contributed by atoms with Crippen molar-refractivity contribution in [2.24, 2.45) is 5.73 Å². The lowest BCUT2D eigenvalue weighted by atomic mass is 9.95. The number of fused-ring (bicyclic) bond motifs is 1. The second-order valence-corrected chi connectivity index (χ2v) is 17.4. The number of carbonyl (C=O) groups excluding carboxylic acids is 4. The molecule has 1 heterocycles. The van der Waals surface area contributed by atoms with Gasteiger partial charge in [0.05, 0.1) is 72.4 Å². The van der Waals surface area contributed by atoms with E-state index in [1.54, 1.807) is 33.0 Å². The van der Waals surface area contributed by atoms with Gasteiger partial charge in [0.15, 0.2) is 0 Å². The van der Waals surface area contributed by atoms with E-state index in [4.69, 9.17) is 38.9 Å². The highest BCUT2D eigenvalue weighted by Gasteiger charge is 2.28. The van der Waals surface area contributed by atoms with Crippen LogP contribution in [0.4, 0.5) is 10.6 Å². The number of anilines is 1. The highest BCUT2D eigenvalue weighted by Crippen LogP contribution is 2.35. The normalized spacial score (nSPS) is 12.2. The van der Waals surface area contributed by atoms with Crippen LogP contribution >= 0.6 is 0 Å². The lowest BCUT2D eigenvalue weighted by Crippen LogP contribution is -2.49. The van der Waals surface area contributed by atoms with Crippen molar-refractivity contribution in [2.75, 3.05) is 84.6 Å². The fourth-order valence-corrected chi connectivity index (χ4v) is 7.38. The first-order valence-electron chi connectivity index (χ1n) is 23.7. The van der Waals surface area contributed by atoms with Gasteiger partial charge < -0.3 is 49.5 Å². The molecule has 5 aromatic rings. The molecule has 4 N–H and O–H groups in total. The van der Waals surface area contributed by atoms with E-state index in [2.05, 4.69) is 15.6 Å². The number of aryl methyl sites for hydroxylation is 1. The van der Waals surface area contributed by atoms with Gasteiger partial charge in [-0.3, -0.25) is 19.3 Å². The van der Waals surface area contributed by atoms with Crippen LogP contribution < -0.4 is 26.0 Å². The molecule has 0 fully saturated rings. The van der Waals surface area contributed by atoms with Gasteiger partial charge in [-0.2, -0.15) is 0 Å². The highest BCUT2D eigenvalue weighted by molar-refractivity contribution is 6.00. The van der Waals surface area contributed by atoms with E-state index >= 15 is 0 Å². The van der Waals surface area contributed by atoms with E-state index in [1.807, 2.05) is 104 Å². The van der Waals surface area contributed by atoms with Crippen molar-refractivity contribution in [1.29, 1.82) is 0 Å². The van der Waals surface area contributed by atoms with Gasteiger partial charge in [-0.1, -0.05) is 84.9 Å². The molecule has 0 bridgehead atoms. The number of carbonyl (C=O) groups is 4. The molecule has 0 saturated carbocycles. The van der Waals surface area contributed by atoms with Gasteiger partial charge in [0.1, 0.15) is 29.8 Å². The minimum Gasteiger partial charge on any atom is -0.491 e. The number of rotatable bonds is 29. The Morgan fingerprint density at radius 3 is 1.99 bits per heavy atom. The quantitative estimate of drug-likeness (QED) is 0.0319. The van der Waals surface area contributed by atoms with Crippen molar-refractivity contribution in [1.82, 2.24) is 15.6 Å². The molecule has 4 aromatic carbocycles. The molecule has 5 rings (SSSR count). The summed E-state index contributed by atoms with van der Waals surface area (Å²) in [5, 5.41) is 7.87. The summed E-state index contributed by atoms with van der Waals surface area (Å²) in [6.07, 6.45) is 1.36. The number of pyridine rings is 1. The predicted molar refractivity (Wildman–Crippen MR) is 269 cm³/mol. The molecular weight excluding hydrogens is 895 g/mol. The van der Waals surface area contributed by atoms with Crippen LogP contribution in [0.3, 0.4) is 0 Å². The molecule has 0 aliphatic rings. The van der Waals surface area contributed by atoms with Gasteiger partial charge in [0, 0.05) is 37.5 Å². The molecule has 16 heteroatoms. The molecule has 1 aromatic heterocycles. The minimum absolute atomic E-state index is 0.00829. The van der Waals surface area contributed by atoms with E-state index < -0.39 is 35.7 Å². The molecule has 0 aliphatic carbocycles. The molecule has 0 saturated heterocycles. The Morgan fingerprint density at radius 2 is 1.36 bits per heavy atom. The Hall–Kier alpha value is -6.43. The topological polar surface area (TPSA) is 199 Å². The van der Waals surface area contributed by atoms with E-state index in [9.17, 15) is 19.2 Å². The third kappa shape index (κ3) is 18.5. The number of esters is 1. The summed E-state index contributed by atoms with van der Waals surface area (Å²) < 4.78 is 38.9. The lowest BCUT2D eigenvalue weighted by molar-refractivity contribution is -0.141. The molecule has 2 atom stereocenters. The van der Waals surface area contributed by atoms with Crippen LogP contribution in [0.1, 0.15) is 62.8 Å². The molecule has 0 radical (unpaired) electrons. The number of nitrogens with two attached hydrogens (primary N) is 1. The van der Waals surface area contributed by atoms with E-state index in [-0.39, 0.29) is 38.1 Å². The number of hydrogen-bond donors (Lipinski definition) is 3. The third-order valence-electron chi connectivity index (χ3n) is 10.8. The average Bonchev–Trinajstić information content (AvgIpc) is 3.34. The monoisotopic (exact) mass is 963 g/mol. The van der Waals surface area contributed by atoms with E-state index in [1.165, 1.54) is 12.0 Å². The smallest absolute Gasteiger partial charge is 0.416 e. The first-order chi connectivity index (χ1) is 33.8. The maximum Gasteiger partial charge on any atom is 0.416 e. The molecule has 16 nitrogen and oxygen atoms in total. The number of methoxy groups -OCH3 is 1. The number of aromatic nitrogens is 1. The maximum absolute atomic E-state index is 14.3. The van der Waals surface area contributed by atoms with Gasteiger partial charge >= 0.3 is 12.1 Å². The van der Waals surface area contributed by atoms with Crippen molar-refractivity contribution in [3.05, 3.63) is 126 Å². The number of benzene rings is 4. The highest BCUT2D eigenvalue weighted by atomic mass is 16.6. The van der Waals surface area contributed by atoms with Crippen LogP contribution in [0, 0.1) is 6.92 Å². The van der Waals surface area contributed by atoms with Crippen LogP contribution in [0.15, 0.2) is 109 Å². The summed E-state index contributed by atoms with van der Waals surface area (Å²) in [5.41, 5.74) is 8.96. The second kappa shape index (κ2) is 28.9. The molecule has 70 heavy (non-hydrogen) atoms. The Bertz CT molecular complexity index is 2390. The van der Waals surface area contributed by atoms with Crippen molar-refractivity contribution < 1.29 is 52.3 Å². The zero-order valence-corrected chi connectivity index (χ0v) is 41.1. The van der Waals surface area contributed by atoms with Crippen LogP contribution in [0.25, 0.3) is 21.9 Å². The summed E-state index contributed by atoms with van der Waals surface area (Å²) in [6.45, 7) is 12.0. The first kappa shape index (κ1) is 54.5. The number of ether oxygens (including phenoxy) is 7. The SMILES string of the molecule is COC(=O)C[C@H](NC(=O)[C@H](Cc1ccccc1)NC(=O)CCCN(C(=O)OC(C)(C)C)c1cc(C)ccn1)c1ccc(-c2ccc(OCCOCCOCCOCCOCCN)c3ccccc23)cc1.